The van der Waals surface area contributed by atoms with Gasteiger partial charge in [0.05, 0.1) is 11.3 Å². The summed E-state index contributed by atoms with van der Waals surface area (Å²) in [5.41, 5.74) is 5.37. The molecule has 1 heterocycles. The van der Waals surface area contributed by atoms with Gasteiger partial charge in [-0.1, -0.05) is 48.5 Å². The molecule has 4 aromatic carbocycles. The molecule has 0 unspecified atom stereocenters. The van der Waals surface area contributed by atoms with Crippen molar-refractivity contribution < 1.29 is 30.0 Å². The number of carbonyl (C=O) groups excluding carboxylic acids is 1. The Labute approximate surface area is 228 Å². The topological polar surface area (TPSA) is 53.4 Å². The van der Waals surface area contributed by atoms with Crippen LogP contribution >= 0.6 is 11.3 Å². The third-order valence-electron chi connectivity index (χ3n) is 5.02. The van der Waals surface area contributed by atoms with Gasteiger partial charge >= 0.3 is 0 Å². The first-order valence-corrected chi connectivity index (χ1v) is 12.0. The fourth-order valence-electron chi connectivity index (χ4n) is 3.57. The van der Waals surface area contributed by atoms with Gasteiger partial charge in [0.2, 0.25) is 0 Å². The first-order valence-electron chi connectivity index (χ1n) is 11.2. The Hall–Kier alpha value is -3.57. The maximum atomic E-state index is 10.0. The molecule has 5 aromatic rings. The number of aliphatic hydroxyl groups is 1. The summed E-state index contributed by atoms with van der Waals surface area (Å²) in [6.07, 6.45) is 1.17. The van der Waals surface area contributed by atoms with Crippen LogP contribution < -0.4 is 4.90 Å². The van der Waals surface area contributed by atoms with Crippen LogP contribution in [0.3, 0.4) is 0 Å². The summed E-state index contributed by atoms with van der Waals surface area (Å²) in [7, 11) is 0. The fraction of sp³-hybridized carbons (Fsp3) is 0.0667. The summed E-state index contributed by atoms with van der Waals surface area (Å²) >= 11 is 1.70. The SMILES string of the molecule is CC(=O)/C=C(/C)O.[Ir].[c-]1cc(N(c2ccccc2)c2ccccc2)ccc1-c1nc2ccccc2s1. The van der Waals surface area contributed by atoms with E-state index in [9.17, 15) is 4.79 Å². The zero-order chi connectivity index (χ0) is 24.6. The number of ketones is 1. The molecule has 0 fully saturated rings. The number of hydrogen-bond acceptors (Lipinski definition) is 5. The van der Waals surface area contributed by atoms with Gasteiger partial charge in [0.25, 0.3) is 0 Å². The van der Waals surface area contributed by atoms with Gasteiger partial charge in [-0.3, -0.25) is 9.78 Å². The van der Waals surface area contributed by atoms with Gasteiger partial charge in [0, 0.05) is 47.3 Å². The minimum atomic E-state index is -0.125. The largest absolute Gasteiger partial charge is 0.512 e. The molecule has 1 aromatic heterocycles. The molecular formula is C30H25IrN2O2S-. The van der Waals surface area contributed by atoms with Gasteiger partial charge in [0.15, 0.2) is 5.78 Å². The van der Waals surface area contributed by atoms with Crippen molar-refractivity contribution in [2.24, 2.45) is 0 Å². The van der Waals surface area contributed by atoms with Gasteiger partial charge in [-0.25, -0.2) is 0 Å². The molecule has 0 bridgehead atoms. The number of thiazole rings is 1. The average Bonchev–Trinajstić information content (AvgIpc) is 3.30. The van der Waals surface area contributed by atoms with Crippen molar-refractivity contribution in [3.05, 3.63) is 121 Å². The predicted octanol–water partition coefficient (Wildman–Crippen LogP) is 8.27. The van der Waals surface area contributed by atoms with Gasteiger partial charge in [-0.15, -0.1) is 29.8 Å². The number of nitrogens with zero attached hydrogens (tertiary/aromatic N) is 2. The first-order chi connectivity index (χ1) is 17.0. The van der Waals surface area contributed by atoms with Crippen LogP contribution in [0.1, 0.15) is 13.8 Å². The molecule has 0 amide bonds. The Morgan fingerprint density at radius 3 is 1.89 bits per heavy atom. The van der Waals surface area contributed by atoms with Crippen LogP contribution in [0.25, 0.3) is 20.8 Å². The molecule has 6 heteroatoms. The number of carbonyl (C=O) groups is 1. The van der Waals surface area contributed by atoms with E-state index >= 15 is 0 Å². The number of anilines is 3. The molecule has 36 heavy (non-hydrogen) atoms. The number of rotatable bonds is 5. The predicted molar refractivity (Wildman–Crippen MR) is 146 cm³/mol. The van der Waals surface area contributed by atoms with Crippen molar-refractivity contribution in [1.82, 2.24) is 4.98 Å². The van der Waals surface area contributed by atoms with Gasteiger partial charge < -0.3 is 10.0 Å². The molecule has 0 saturated heterocycles. The molecule has 1 N–H and O–H groups in total. The normalized spacial score (nSPS) is 10.7. The van der Waals surface area contributed by atoms with E-state index in [4.69, 9.17) is 10.1 Å². The molecular weight excluding hydrogens is 645 g/mol. The van der Waals surface area contributed by atoms with Crippen LogP contribution in [0, 0.1) is 6.07 Å². The van der Waals surface area contributed by atoms with E-state index in [0.717, 1.165) is 33.1 Å². The van der Waals surface area contributed by atoms with Crippen LogP contribution in [0.5, 0.6) is 0 Å². The Morgan fingerprint density at radius 2 is 1.42 bits per heavy atom. The van der Waals surface area contributed by atoms with Crippen molar-refractivity contribution in [3.8, 4) is 10.6 Å². The van der Waals surface area contributed by atoms with E-state index in [-0.39, 0.29) is 31.6 Å². The number of allylic oxidation sites excluding steroid dienone is 2. The van der Waals surface area contributed by atoms with Crippen LogP contribution in [0.15, 0.2) is 115 Å². The van der Waals surface area contributed by atoms with E-state index in [1.54, 1.807) is 11.3 Å². The monoisotopic (exact) mass is 670 g/mol. The van der Waals surface area contributed by atoms with Crippen LogP contribution in [0.4, 0.5) is 17.1 Å². The van der Waals surface area contributed by atoms with E-state index in [2.05, 4.69) is 89.8 Å². The Kier molecular flexibility index (Phi) is 9.71. The minimum absolute atomic E-state index is 0. The summed E-state index contributed by atoms with van der Waals surface area (Å²) in [6, 6.07) is 38.7. The maximum Gasteiger partial charge on any atom is 0.155 e. The van der Waals surface area contributed by atoms with Gasteiger partial charge in [-0.2, -0.15) is 11.3 Å². The van der Waals surface area contributed by atoms with Crippen molar-refractivity contribution in [1.29, 1.82) is 0 Å². The molecule has 4 nitrogen and oxygen atoms in total. The van der Waals surface area contributed by atoms with E-state index in [0.29, 0.717) is 0 Å². The van der Waals surface area contributed by atoms with Crippen molar-refractivity contribution in [2.75, 3.05) is 4.90 Å². The van der Waals surface area contributed by atoms with Crippen molar-refractivity contribution in [2.45, 2.75) is 13.8 Å². The fourth-order valence-corrected chi connectivity index (χ4v) is 4.53. The summed E-state index contributed by atoms with van der Waals surface area (Å²) in [5, 5.41) is 9.36. The molecule has 1 radical (unpaired) electrons. The Bertz CT molecular complexity index is 1360. The second kappa shape index (κ2) is 12.9. The zero-order valence-corrected chi connectivity index (χ0v) is 23.1. The quantitative estimate of drug-likeness (QED) is 0.116. The smallest absolute Gasteiger partial charge is 0.155 e. The summed E-state index contributed by atoms with van der Waals surface area (Å²) in [4.78, 5) is 17.0. The number of benzene rings is 4. The molecule has 0 aliphatic heterocycles. The second-order valence-electron chi connectivity index (χ2n) is 7.85. The van der Waals surface area contributed by atoms with Crippen LogP contribution in [-0.2, 0) is 24.9 Å². The zero-order valence-electron chi connectivity index (χ0n) is 19.9. The first kappa shape index (κ1) is 27.0. The molecule has 0 aliphatic rings. The summed E-state index contributed by atoms with van der Waals surface area (Å²) < 4.78 is 1.20. The second-order valence-corrected chi connectivity index (χ2v) is 8.88. The molecule has 0 saturated carbocycles. The van der Waals surface area contributed by atoms with Crippen LogP contribution in [-0.4, -0.2) is 15.9 Å². The number of fused-ring (bicyclic) bond motifs is 1. The minimum Gasteiger partial charge on any atom is -0.512 e. The van der Waals surface area contributed by atoms with E-state index in [1.165, 1.54) is 24.6 Å². The Balaban J connectivity index is 0.000000400. The van der Waals surface area contributed by atoms with Crippen molar-refractivity contribution >= 4 is 44.4 Å². The standard InChI is InChI=1S/C25H17N2S.C5H8O2.Ir/c1-3-9-20(10-4-1)27(21-11-5-2-6-12-21)22-17-15-19(16-18-22)25-26-23-13-7-8-14-24(23)28-25;1-4(6)3-5(2)7;/h1-15,17-18H;3,6H,1-2H3;/q-1;;/b;4-3-;. The molecule has 5 rings (SSSR count). The van der Waals surface area contributed by atoms with Crippen LogP contribution in [0.2, 0.25) is 0 Å². The number of aliphatic hydroxyl groups excluding tert-OH is 1. The van der Waals surface area contributed by atoms with Gasteiger partial charge in [-0.05, 0) is 55.9 Å². The Morgan fingerprint density at radius 1 is 0.833 bits per heavy atom. The van der Waals surface area contributed by atoms with E-state index in [1.807, 2.05) is 24.3 Å². The van der Waals surface area contributed by atoms with Gasteiger partial charge in [0.1, 0.15) is 0 Å². The number of aromatic nitrogens is 1. The molecule has 0 atom stereocenters. The number of hydrogen-bond donors (Lipinski definition) is 1. The third-order valence-corrected chi connectivity index (χ3v) is 6.09. The van der Waals surface area contributed by atoms with E-state index < -0.39 is 0 Å². The summed E-state index contributed by atoms with van der Waals surface area (Å²) in [6.45, 7) is 2.85. The molecule has 0 aliphatic carbocycles. The number of para-hydroxylation sites is 3. The maximum absolute atomic E-state index is 10.0. The molecule has 0 spiro atoms. The third kappa shape index (κ3) is 6.98. The average molecular weight is 670 g/mol. The summed E-state index contributed by atoms with van der Waals surface area (Å²) in [5.74, 6) is -0.0625. The van der Waals surface area contributed by atoms with Crippen molar-refractivity contribution in [3.63, 3.8) is 0 Å². The molecule has 183 valence electrons.